The van der Waals surface area contributed by atoms with Gasteiger partial charge in [-0.2, -0.15) is 0 Å². The van der Waals surface area contributed by atoms with Gasteiger partial charge in [-0.1, -0.05) is 6.92 Å². The van der Waals surface area contributed by atoms with Gasteiger partial charge in [-0.15, -0.1) is 0 Å². The monoisotopic (exact) mass is 394 g/mol. The summed E-state index contributed by atoms with van der Waals surface area (Å²) in [7, 11) is -4.68. The molecule has 2 saturated heterocycles. The van der Waals surface area contributed by atoms with Gasteiger partial charge in [0.25, 0.3) is 11.8 Å². The third-order valence-corrected chi connectivity index (χ3v) is 5.46. The van der Waals surface area contributed by atoms with Crippen LogP contribution in [0.25, 0.3) is 0 Å². The second-order valence-corrected chi connectivity index (χ2v) is 8.16. The summed E-state index contributed by atoms with van der Waals surface area (Å²) in [6.07, 6.45) is -0.759. The lowest BCUT2D eigenvalue weighted by Crippen LogP contribution is -2.59. The average Bonchev–Trinajstić information content (AvgIpc) is 3.31. The van der Waals surface area contributed by atoms with E-state index in [4.69, 9.17) is 14.2 Å². The molecule has 2 aliphatic rings. The molecule has 2 unspecified atom stereocenters. The van der Waals surface area contributed by atoms with E-state index in [9.17, 15) is 23.9 Å². The van der Waals surface area contributed by atoms with Crippen molar-refractivity contribution in [3.05, 3.63) is 0 Å². The van der Waals surface area contributed by atoms with Crippen molar-refractivity contribution < 1.29 is 38.2 Å². The highest BCUT2D eigenvalue weighted by Crippen LogP contribution is 2.45. The van der Waals surface area contributed by atoms with Crippen LogP contribution in [0, 0.1) is 0 Å². The summed E-state index contributed by atoms with van der Waals surface area (Å²) < 4.78 is 27.9. The van der Waals surface area contributed by atoms with Crippen molar-refractivity contribution in [3.8, 4) is 0 Å². The molecule has 0 aromatic heterocycles. The Morgan fingerprint density at radius 3 is 2.19 bits per heavy atom. The number of carbonyl (C=O) groups excluding carboxylic acids is 2. The zero-order valence-corrected chi connectivity index (χ0v) is 16.4. The smallest absolute Gasteiger partial charge is 0.333 e. The van der Waals surface area contributed by atoms with Crippen LogP contribution >= 0.6 is 7.60 Å². The van der Waals surface area contributed by atoms with Crippen molar-refractivity contribution in [2.24, 2.45) is 0 Å². The van der Waals surface area contributed by atoms with Gasteiger partial charge in [-0.25, -0.2) is 9.69 Å². The molecule has 10 nitrogen and oxygen atoms in total. The van der Waals surface area contributed by atoms with Crippen molar-refractivity contribution in [2.45, 2.75) is 51.7 Å². The summed E-state index contributed by atoms with van der Waals surface area (Å²) in [5.41, 5.74) is -1.17. The van der Waals surface area contributed by atoms with Gasteiger partial charge < -0.3 is 28.9 Å². The van der Waals surface area contributed by atoms with E-state index in [1.54, 1.807) is 27.7 Å². The van der Waals surface area contributed by atoms with Crippen LogP contribution in [-0.2, 0) is 23.6 Å². The molecular weight excluding hydrogens is 367 g/mol. The number of epoxide rings is 1. The first-order valence-electron chi connectivity index (χ1n) is 8.65. The molecule has 2 atom stereocenters. The maximum Gasteiger partial charge on any atom is 0.333 e. The molecule has 0 saturated carbocycles. The zero-order chi connectivity index (χ0) is 19.8. The van der Waals surface area contributed by atoms with Crippen LogP contribution in [0.15, 0.2) is 0 Å². The summed E-state index contributed by atoms with van der Waals surface area (Å²) >= 11 is 0. The summed E-state index contributed by atoms with van der Waals surface area (Å²) in [5.74, 6) is -2.77. The van der Waals surface area contributed by atoms with E-state index in [1.807, 2.05) is 0 Å². The molecule has 3 amide bonds. The highest BCUT2D eigenvalue weighted by atomic mass is 31.2. The summed E-state index contributed by atoms with van der Waals surface area (Å²) in [4.78, 5) is 47.4. The first-order chi connectivity index (χ1) is 12.0. The molecule has 0 aliphatic carbocycles. The van der Waals surface area contributed by atoms with Crippen LogP contribution in [-0.4, -0.2) is 81.6 Å². The van der Waals surface area contributed by atoms with Crippen molar-refractivity contribution in [1.29, 1.82) is 0 Å². The molecule has 2 fully saturated rings. The van der Waals surface area contributed by atoms with E-state index in [1.165, 1.54) is 4.90 Å². The number of ether oxygens (including phenoxy) is 3. The lowest BCUT2D eigenvalue weighted by atomic mass is 9.97. The topological polar surface area (TPSA) is 129 Å². The highest BCUT2D eigenvalue weighted by Gasteiger charge is 2.62. The van der Waals surface area contributed by atoms with Crippen LogP contribution in [0.3, 0.4) is 0 Å². The Kier molecular flexibility index (Phi) is 6.16. The number of rotatable bonds is 10. The van der Waals surface area contributed by atoms with Gasteiger partial charge in [-0.3, -0.25) is 9.36 Å². The lowest BCUT2D eigenvalue weighted by molar-refractivity contribution is -0.278. The molecule has 2 rings (SSSR count). The summed E-state index contributed by atoms with van der Waals surface area (Å²) in [5, 5.41) is 0. The Bertz CT molecular complexity index is 598. The second-order valence-electron chi connectivity index (χ2n) is 6.52. The number of hydrogen-bond acceptors (Lipinski definition) is 6. The maximum absolute atomic E-state index is 13.2. The molecule has 0 aromatic carbocycles. The number of amides is 3. The van der Waals surface area contributed by atoms with Crippen molar-refractivity contribution in [3.63, 3.8) is 0 Å². The van der Waals surface area contributed by atoms with E-state index in [0.29, 0.717) is 13.0 Å². The van der Waals surface area contributed by atoms with Gasteiger partial charge in [-0.05, 0) is 27.2 Å². The predicted molar refractivity (Wildman–Crippen MR) is 90.3 cm³/mol. The third-order valence-electron chi connectivity index (χ3n) is 4.64. The Labute approximate surface area is 152 Å². The predicted octanol–water partition coefficient (Wildman–Crippen LogP) is 0.723. The van der Waals surface area contributed by atoms with Crippen molar-refractivity contribution in [1.82, 2.24) is 9.80 Å². The molecule has 0 spiro atoms. The summed E-state index contributed by atoms with van der Waals surface area (Å²) in [6, 6.07) is -0.704. The van der Waals surface area contributed by atoms with Crippen molar-refractivity contribution >= 4 is 19.5 Å². The molecule has 0 aromatic rings. The minimum Gasteiger partial charge on any atom is -0.371 e. The average molecular weight is 394 g/mol. The van der Waals surface area contributed by atoms with Gasteiger partial charge in [0.05, 0.1) is 19.3 Å². The van der Waals surface area contributed by atoms with Gasteiger partial charge in [0.15, 0.2) is 0 Å². The van der Waals surface area contributed by atoms with Gasteiger partial charge in [0, 0.05) is 13.2 Å². The second kappa shape index (κ2) is 7.53. The largest absolute Gasteiger partial charge is 0.371 e. The van der Waals surface area contributed by atoms with E-state index in [-0.39, 0.29) is 25.9 Å². The van der Waals surface area contributed by atoms with Crippen LogP contribution in [0.2, 0.25) is 0 Å². The van der Waals surface area contributed by atoms with E-state index in [2.05, 4.69) is 0 Å². The first-order valence-corrected chi connectivity index (χ1v) is 10.4. The SMILES string of the molecule is CCOC(CP(=O)(O)O)(OCC)N1C(=O)N(CC2CO2)C(C)(CC)C1=O. The Morgan fingerprint density at radius 1 is 1.27 bits per heavy atom. The van der Waals surface area contributed by atoms with E-state index < -0.39 is 37.1 Å². The minimum absolute atomic E-state index is 0.00830. The Balaban J connectivity index is 2.49. The number of carbonyl (C=O) groups is 2. The van der Waals surface area contributed by atoms with Gasteiger partial charge in [0.2, 0.25) is 0 Å². The zero-order valence-electron chi connectivity index (χ0n) is 15.5. The van der Waals surface area contributed by atoms with Gasteiger partial charge in [0.1, 0.15) is 11.7 Å². The molecule has 11 heteroatoms. The molecule has 2 heterocycles. The molecule has 150 valence electrons. The van der Waals surface area contributed by atoms with E-state index >= 15 is 0 Å². The molecule has 0 bridgehead atoms. The quantitative estimate of drug-likeness (QED) is 0.240. The fourth-order valence-corrected chi connectivity index (χ4v) is 3.96. The third kappa shape index (κ3) is 3.95. The van der Waals surface area contributed by atoms with Crippen molar-refractivity contribution in [2.75, 3.05) is 32.5 Å². The fraction of sp³-hybridized carbons (Fsp3) is 0.867. The molecule has 2 aliphatic heterocycles. The van der Waals surface area contributed by atoms with Gasteiger partial charge >= 0.3 is 13.6 Å². The first kappa shape index (κ1) is 21.3. The normalized spacial score (nSPS) is 26.8. The highest BCUT2D eigenvalue weighted by molar-refractivity contribution is 7.51. The molecule has 2 N–H and O–H groups in total. The van der Waals surface area contributed by atoms with Crippen LogP contribution < -0.4 is 0 Å². The standard InChI is InChI=1S/C15H27N2O8P/c1-5-14(4)12(18)17(13(19)16(14)8-11-9-23-11)15(24-6-2,25-7-3)10-26(20,21)22/h11H,5-10H2,1-4H3,(H2,20,21,22). The summed E-state index contributed by atoms with van der Waals surface area (Å²) in [6.45, 7) is 7.27. The maximum atomic E-state index is 13.2. The number of nitrogens with zero attached hydrogens (tertiary/aromatic N) is 2. The molecule has 26 heavy (non-hydrogen) atoms. The Morgan fingerprint density at radius 2 is 1.81 bits per heavy atom. The molecule has 0 radical (unpaired) electrons. The van der Waals surface area contributed by atoms with Crippen LogP contribution in [0.1, 0.15) is 34.1 Å². The number of hydrogen-bond donors (Lipinski definition) is 2. The number of imide groups is 1. The minimum atomic E-state index is -4.68. The Hall–Kier alpha value is -1.03. The van der Waals surface area contributed by atoms with Crippen LogP contribution in [0.5, 0.6) is 0 Å². The lowest BCUT2D eigenvalue weighted by Gasteiger charge is -2.38. The van der Waals surface area contributed by atoms with Crippen LogP contribution in [0.4, 0.5) is 4.79 Å². The van der Waals surface area contributed by atoms with E-state index in [0.717, 1.165) is 4.90 Å². The number of urea groups is 1. The fourth-order valence-electron chi connectivity index (χ4n) is 3.12. The molecular formula is C15H27N2O8P.